The smallest absolute Gasteiger partial charge is 0.289 e. The second kappa shape index (κ2) is 7.10. The minimum atomic E-state index is -0.530. The fourth-order valence-corrected chi connectivity index (χ4v) is 2.34. The highest BCUT2D eigenvalue weighted by Gasteiger charge is 2.13. The summed E-state index contributed by atoms with van der Waals surface area (Å²) in [5.41, 5.74) is 1.48. The van der Waals surface area contributed by atoms with Crippen molar-refractivity contribution < 1.29 is 9.45 Å². The van der Waals surface area contributed by atoms with Crippen LogP contribution in [-0.2, 0) is 13.0 Å². The van der Waals surface area contributed by atoms with Crippen molar-refractivity contribution in [1.29, 1.82) is 0 Å². The van der Waals surface area contributed by atoms with Gasteiger partial charge < -0.3 is 9.84 Å². The lowest BCUT2D eigenvalue weighted by atomic mass is 10.1. The molecule has 0 fully saturated rings. The maximum Gasteiger partial charge on any atom is 0.289 e. The van der Waals surface area contributed by atoms with Gasteiger partial charge in [0.25, 0.3) is 5.69 Å². The molecule has 0 saturated carbocycles. The van der Waals surface area contributed by atoms with Crippen LogP contribution in [0.15, 0.2) is 53.1 Å². The average Bonchev–Trinajstić information content (AvgIpc) is 3.02. The first-order valence-electron chi connectivity index (χ1n) is 7.15. The van der Waals surface area contributed by atoms with E-state index in [4.69, 9.17) is 16.1 Å². The summed E-state index contributed by atoms with van der Waals surface area (Å²) in [4.78, 5) is 14.6. The summed E-state index contributed by atoms with van der Waals surface area (Å²) < 4.78 is 5.18. The van der Waals surface area contributed by atoms with Gasteiger partial charge in [-0.25, -0.2) is 0 Å². The molecule has 122 valence electrons. The summed E-state index contributed by atoms with van der Waals surface area (Å²) in [5, 5.41) is 17.9. The van der Waals surface area contributed by atoms with E-state index in [9.17, 15) is 10.1 Å². The highest BCUT2D eigenvalue weighted by molar-refractivity contribution is 6.32. The van der Waals surface area contributed by atoms with Gasteiger partial charge in [-0.05, 0) is 17.7 Å². The number of rotatable bonds is 6. The largest absolute Gasteiger partial charge is 0.376 e. The lowest BCUT2D eigenvalue weighted by Gasteiger charge is -2.03. The quantitative estimate of drug-likeness (QED) is 0.539. The van der Waals surface area contributed by atoms with Crippen LogP contribution in [0.25, 0.3) is 0 Å². The van der Waals surface area contributed by atoms with Crippen molar-refractivity contribution in [2.45, 2.75) is 13.0 Å². The van der Waals surface area contributed by atoms with E-state index in [0.29, 0.717) is 23.8 Å². The maximum atomic E-state index is 10.9. The zero-order valence-corrected chi connectivity index (χ0v) is 13.2. The van der Waals surface area contributed by atoms with Gasteiger partial charge in [0.15, 0.2) is 5.82 Å². The number of nitro benzene ring substituents is 1. The van der Waals surface area contributed by atoms with E-state index in [1.807, 2.05) is 30.3 Å². The monoisotopic (exact) mass is 344 g/mol. The van der Waals surface area contributed by atoms with Crippen LogP contribution in [0.5, 0.6) is 0 Å². The van der Waals surface area contributed by atoms with E-state index < -0.39 is 4.92 Å². The molecule has 0 aliphatic heterocycles. The van der Waals surface area contributed by atoms with Crippen LogP contribution in [0.4, 0.5) is 11.4 Å². The Labute approximate surface area is 142 Å². The summed E-state index contributed by atoms with van der Waals surface area (Å²) >= 11 is 5.78. The molecule has 0 amide bonds. The fraction of sp³-hybridized carbons (Fsp3) is 0.125. The van der Waals surface area contributed by atoms with Crippen LogP contribution in [0.3, 0.4) is 0 Å². The van der Waals surface area contributed by atoms with Gasteiger partial charge in [0.05, 0.1) is 11.5 Å². The van der Waals surface area contributed by atoms with Gasteiger partial charge in [-0.15, -0.1) is 0 Å². The molecule has 3 aromatic rings. The fourth-order valence-electron chi connectivity index (χ4n) is 2.15. The summed E-state index contributed by atoms with van der Waals surface area (Å²) in [6.07, 6.45) is 0.580. The molecule has 0 radical (unpaired) electrons. The van der Waals surface area contributed by atoms with Crippen molar-refractivity contribution >= 4 is 23.0 Å². The van der Waals surface area contributed by atoms with E-state index in [0.717, 1.165) is 5.56 Å². The minimum Gasteiger partial charge on any atom is -0.376 e. The molecular formula is C16H13ClN4O3. The Morgan fingerprint density at radius 1 is 1.21 bits per heavy atom. The molecule has 0 atom stereocenters. The average molecular weight is 345 g/mol. The Balaban J connectivity index is 1.63. The van der Waals surface area contributed by atoms with Crippen LogP contribution >= 0.6 is 11.6 Å². The first-order valence-corrected chi connectivity index (χ1v) is 7.53. The molecule has 0 saturated heterocycles. The Morgan fingerprint density at radius 2 is 2.00 bits per heavy atom. The molecule has 1 heterocycles. The molecule has 24 heavy (non-hydrogen) atoms. The van der Waals surface area contributed by atoms with Crippen LogP contribution in [0.2, 0.25) is 5.02 Å². The molecule has 8 heteroatoms. The van der Waals surface area contributed by atoms with E-state index in [2.05, 4.69) is 15.5 Å². The van der Waals surface area contributed by atoms with Gasteiger partial charge in [-0.2, -0.15) is 4.98 Å². The number of nitro groups is 1. The third kappa shape index (κ3) is 3.88. The van der Waals surface area contributed by atoms with E-state index in [1.165, 1.54) is 12.1 Å². The topological polar surface area (TPSA) is 94.1 Å². The normalized spacial score (nSPS) is 10.5. The third-order valence-corrected chi connectivity index (χ3v) is 3.62. The van der Waals surface area contributed by atoms with Gasteiger partial charge in [0, 0.05) is 18.2 Å². The van der Waals surface area contributed by atoms with E-state index in [1.54, 1.807) is 6.07 Å². The number of halogens is 1. The zero-order valence-electron chi connectivity index (χ0n) is 12.5. The van der Waals surface area contributed by atoms with E-state index >= 15 is 0 Å². The van der Waals surface area contributed by atoms with Crippen LogP contribution < -0.4 is 5.32 Å². The molecule has 0 spiro atoms. The molecule has 7 nitrogen and oxygen atoms in total. The van der Waals surface area contributed by atoms with Crippen LogP contribution in [0.1, 0.15) is 17.3 Å². The number of nitrogens with zero attached hydrogens (tertiary/aromatic N) is 3. The highest BCUT2D eigenvalue weighted by atomic mass is 35.5. The van der Waals surface area contributed by atoms with Crippen molar-refractivity contribution in [1.82, 2.24) is 10.1 Å². The summed E-state index contributed by atoms with van der Waals surface area (Å²) in [7, 11) is 0. The maximum absolute atomic E-state index is 10.9. The lowest BCUT2D eigenvalue weighted by molar-refractivity contribution is -0.384. The van der Waals surface area contributed by atoms with Crippen molar-refractivity contribution in [2.24, 2.45) is 0 Å². The Bertz CT molecular complexity index is 852. The lowest BCUT2D eigenvalue weighted by Crippen LogP contribution is -2.01. The van der Waals surface area contributed by atoms with Crippen LogP contribution in [0, 0.1) is 10.1 Å². The molecule has 3 rings (SSSR count). The van der Waals surface area contributed by atoms with Gasteiger partial charge in [0.1, 0.15) is 5.02 Å². The molecular weight excluding hydrogens is 332 g/mol. The number of hydrogen-bond acceptors (Lipinski definition) is 6. The number of hydrogen-bond donors (Lipinski definition) is 1. The number of anilines is 1. The first kappa shape index (κ1) is 15.9. The van der Waals surface area contributed by atoms with Crippen molar-refractivity contribution in [3.05, 3.63) is 80.9 Å². The molecule has 0 unspecified atom stereocenters. The second-order valence-corrected chi connectivity index (χ2v) is 5.45. The Hall–Kier alpha value is -2.93. The number of aromatic nitrogens is 2. The van der Waals surface area contributed by atoms with Crippen molar-refractivity contribution in [3.8, 4) is 0 Å². The van der Waals surface area contributed by atoms with Crippen molar-refractivity contribution in [3.63, 3.8) is 0 Å². The summed E-state index contributed by atoms with van der Waals surface area (Å²) in [5.74, 6) is 0.985. The summed E-state index contributed by atoms with van der Waals surface area (Å²) in [6.45, 7) is 0.264. The van der Waals surface area contributed by atoms with E-state index in [-0.39, 0.29) is 17.3 Å². The SMILES string of the molecule is O=[N+]([O-])c1cc(NCc2nc(Cc3ccccc3)no2)ccc1Cl. The number of benzene rings is 2. The van der Waals surface area contributed by atoms with Crippen LogP contribution in [-0.4, -0.2) is 15.1 Å². The summed E-state index contributed by atoms with van der Waals surface area (Å²) in [6, 6.07) is 14.3. The predicted molar refractivity (Wildman–Crippen MR) is 89.0 cm³/mol. The third-order valence-electron chi connectivity index (χ3n) is 3.30. The van der Waals surface area contributed by atoms with Gasteiger partial charge in [0.2, 0.25) is 5.89 Å². The van der Waals surface area contributed by atoms with Gasteiger partial charge >= 0.3 is 0 Å². The van der Waals surface area contributed by atoms with Crippen molar-refractivity contribution in [2.75, 3.05) is 5.32 Å². The highest BCUT2D eigenvalue weighted by Crippen LogP contribution is 2.27. The predicted octanol–water partition coefficient (Wildman–Crippen LogP) is 3.83. The Kier molecular flexibility index (Phi) is 4.72. The van der Waals surface area contributed by atoms with Gasteiger partial charge in [-0.1, -0.05) is 47.1 Å². The molecule has 0 aliphatic carbocycles. The zero-order chi connectivity index (χ0) is 16.9. The molecule has 1 N–H and O–H groups in total. The Morgan fingerprint density at radius 3 is 2.75 bits per heavy atom. The second-order valence-electron chi connectivity index (χ2n) is 5.04. The minimum absolute atomic E-state index is 0.0912. The standard InChI is InChI=1S/C16H13ClN4O3/c17-13-7-6-12(9-14(13)21(22)23)18-10-16-19-15(20-24-16)8-11-4-2-1-3-5-11/h1-7,9,18H,8,10H2. The molecule has 0 bridgehead atoms. The molecule has 2 aromatic carbocycles. The van der Waals surface area contributed by atoms with Gasteiger partial charge in [-0.3, -0.25) is 10.1 Å². The molecule has 0 aliphatic rings. The number of nitrogens with one attached hydrogen (secondary N) is 1. The first-order chi connectivity index (χ1) is 11.6. The molecule has 1 aromatic heterocycles.